The van der Waals surface area contributed by atoms with Crippen molar-refractivity contribution in [2.24, 2.45) is 5.92 Å². The number of carbonyl (C=O) groups is 2. The number of benzene rings is 2. The number of rotatable bonds is 9. The van der Waals surface area contributed by atoms with Gasteiger partial charge in [0.1, 0.15) is 0 Å². The number of morpholine rings is 1. The maximum absolute atomic E-state index is 12.9. The number of aromatic nitrogens is 4. The van der Waals surface area contributed by atoms with E-state index in [0.717, 1.165) is 30.6 Å². The molecule has 0 bridgehead atoms. The smallest absolute Gasteiger partial charge is 0.254 e. The Bertz CT molecular complexity index is 1580. The summed E-state index contributed by atoms with van der Waals surface area (Å²) in [4.78, 5) is 43.1. The van der Waals surface area contributed by atoms with Crippen molar-refractivity contribution in [3.8, 4) is 0 Å². The van der Waals surface area contributed by atoms with Crippen molar-refractivity contribution in [3.63, 3.8) is 0 Å². The van der Waals surface area contributed by atoms with Gasteiger partial charge in [0.2, 0.25) is 11.9 Å². The zero-order valence-corrected chi connectivity index (χ0v) is 24.1. The molecular weight excluding hydrogens is 544 g/mol. The Morgan fingerprint density at radius 1 is 1.00 bits per heavy atom. The van der Waals surface area contributed by atoms with E-state index >= 15 is 0 Å². The number of nitrogens with zero attached hydrogens (tertiary/aromatic N) is 6. The van der Waals surface area contributed by atoms with E-state index in [1.54, 1.807) is 6.33 Å². The maximum atomic E-state index is 12.9. The summed E-state index contributed by atoms with van der Waals surface area (Å²) in [6, 6.07) is 17.5. The van der Waals surface area contributed by atoms with Gasteiger partial charge in [-0.3, -0.25) is 9.59 Å². The maximum Gasteiger partial charge on any atom is 0.254 e. The summed E-state index contributed by atoms with van der Waals surface area (Å²) in [6.45, 7) is 8.67. The van der Waals surface area contributed by atoms with E-state index in [1.807, 2.05) is 56.8 Å². The van der Waals surface area contributed by atoms with Crippen molar-refractivity contribution in [2.75, 3.05) is 50.0 Å². The minimum absolute atomic E-state index is 0.000104. The summed E-state index contributed by atoms with van der Waals surface area (Å²) in [7, 11) is 0. The minimum Gasteiger partial charge on any atom is -0.378 e. The third kappa shape index (κ3) is 6.67. The molecule has 1 atom stereocenters. The largest absolute Gasteiger partial charge is 0.378 e. The van der Waals surface area contributed by atoms with Crippen LogP contribution < -0.4 is 10.6 Å². The third-order valence-electron chi connectivity index (χ3n) is 7.91. The highest BCUT2D eigenvalue weighted by atomic mass is 16.5. The molecule has 2 aliphatic rings. The van der Waals surface area contributed by atoms with Gasteiger partial charge < -0.3 is 29.7 Å². The molecule has 0 saturated carbocycles. The molecule has 43 heavy (non-hydrogen) atoms. The zero-order chi connectivity index (χ0) is 29.6. The highest BCUT2D eigenvalue weighted by molar-refractivity contribution is 5.94. The quantitative estimate of drug-likeness (QED) is 0.285. The van der Waals surface area contributed by atoms with Crippen LogP contribution in [-0.2, 0) is 22.6 Å². The molecule has 4 aromatic rings. The lowest BCUT2D eigenvalue weighted by atomic mass is 9.98. The Balaban J connectivity index is 1.25. The fourth-order valence-electron chi connectivity index (χ4n) is 5.63. The van der Waals surface area contributed by atoms with Gasteiger partial charge in [0.15, 0.2) is 17.0 Å². The lowest BCUT2D eigenvalue weighted by Gasteiger charge is -2.32. The van der Waals surface area contributed by atoms with Crippen molar-refractivity contribution >= 4 is 40.4 Å². The van der Waals surface area contributed by atoms with E-state index < -0.39 is 0 Å². The first kappa shape index (κ1) is 28.4. The second-order valence-electron chi connectivity index (χ2n) is 10.9. The van der Waals surface area contributed by atoms with Crippen LogP contribution in [0.25, 0.3) is 11.2 Å². The topological polar surface area (TPSA) is 118 Å². The van der Waals surface area contributed by atoms with Crippen LogP contribution in [-0.4, -0.2) is 80.5 Å². The van der Waals surface area contributed by atoms with E-state index in [2.05, 4.69) is 29.3 Å². The minimum atomic E-state index is -0.0286. The van der Waals surface area contributed by atoms with Gasteiger partial charge >= 0.3 is 0 Å². The number of fused-ring (bicyclic) bond motifs is 1. The van der Waals surface area contributed by atoms with Gasteiger partial charge in [0.05, 0.1) is 19.5 Å². The number of ether oxygens (including phenoxy) is 1. The first-order chi connectivity index (χ1) is 21.1. The number of likely N-dealkylation sites (tertiary alicyclic amines) is 1. The zero-order valence-electron chi connectivity index (χ0n) is 24.1. The first-order valence-corrected chi connectivity index (χ1v) is 14.7. The second kappa shape index (κ2) is 13.0. The number of anilines is 3. The average molecular weight is 581 g/mol. The van der Waals surface area contributed by atoms with Crippen molar-refractivity contribution in [3.05, 3.63) is 84.7 Å². The molecule has 2 fully saturated rings. The number of piperidine rings is 1. The van der Waals surface area contributed by atoms with Gasteiger partial charge in [-0.15, -0.1) is 0 Å². The Kier molecular flexibility index (Phi) is 8.60. The first-order valence-electron chi connectivity index (χ1n) is 14.7. The fourth-order valence-corrected chi connectivity index (χ4v) is 5.63. The molecular formula is C32H36N8O3. The van der Waals surface area contributed by atoms with Crippen LogP contribution >= 0.6 is 0 Å². The molecule has 0 radical (unpaired) electrons. The summed E-state index contributed by atoms with van der Waals surface area (Å²) in [6.07, 6.45) is 5.16. The van der Waals surface area contributed by atoms with Crippen molar-refractivity contribution < 1.29 is 14.3 Å². The van der Waals surface area contributed by atoms with Gasteiger partial charge in [-0.25, -0.2) is 4.98 Å². The summed E-state index contributed by atoms with van der Waals surface area (Å²) < 4.78 is 7.42. The second-order valence-corrected chi connectivity index (χ2v) is 10.9. The molecule has 2 aliphatic heterocycles. The molecule has 2 N–H and O–H groups in total. The number of carbonyl (C=O) groups excluding carboxylic acids is 2. The van der Waals surface area contributed by atoms with Crippen LogP contribution in [0.15, 0.2) is 73.6 Å². The van der Waals surface area contributed by atoms with E-state index in [1.165, 1.54) is 6.08 Å². The predicted octanol–water partition coefficient (Wildman–Crippen LogP) is 4.08. The molecule has 2 aromatic heterocycles. The summed E-state index contributed by atoms with van der Waals surface area (Å²) in [5.41, 5.74) is 3.91. The third-order valence-corrected chi connectivity index (χ3v) is 7.91. The number of imidazole rings is 1. The van der Waals surface area contributed by atoms with Crippen LogP contribution in [0.2, 0.25) is 0 Å². The Morgan fingerprint density at radius 2 is 1.79 bits per heavy atom. The normalized spacial score (nSPS) is 17.1. The lowest BCUT2D eigenvalue weighted by molar-refractivity contribution is -0.127. The Labute approximate surface area is 250 Å². The highest BCUT2D eigenvalue weighted by Gasteiger charge is 2.24. The summed E-state index contributed by atoms with van der Waals surface area (Å²) in [5.74, 6) is 1.29. The number of hydrogen-bond acceptors (Lipinski definition) is 8. The van der Waals surface area contributed by atoms with Crippen molar-refractivity contribution in [1.29, 1.82) is 0 Å². The Hall–Kier alpha value is -4.77. The molecule has 11 nitrogen and oxygen atoms in total. The van der Waals surface area contributed by atoms with Crippen molar-refractivity contribution in [1.82, 2.24) is 29.3 Å². The summed E-state index contributed by atoms with van der Waals surface area (Å²) in [5, 5.41) is 6.76. The molecule has 2 aromatic carbocycles. The van der Waals surface area contributed by atoms with E-state index in [9.17, 15) is 9.59 Å². The van der Waals surface area contributed by atoms with E-state index in [0.29, 0.717) is 74.4 Å². The number of nitrogens with one attached hydrogen (secondary N) is 2. The summed E-state index contributed by atoms with van der Waals surface area (Å²) >= 11 is 0. The highest BCUT2D eigenvalue weighted by Crippen LogP contribution is 2.26. The average Bonchev–Trinajstić information content (AvgIpc) is 3.46. The van der Waals surface area contributed by atoms with Gasteiger partial charge in [-0.2, -0.15) is 9.97 Å². The van der Waals surface area contributed by atoms with Crippen LogP contribution in [0, 0.1) is 5.92 Å². The standard InChI is InChI=1S/C32H36N8O3/c1-2-27(41)39-14-6-9-24(20-39)21-40-22-34-28-29(33-19-23-7-4-3-5-8-23)36-32(37-30(28)40)35-26-12-10-25(11-13-26)31(42)38-15-17-43-18-16-38/h2-5,7-8,10-13,22,24H,1,6,9,14-21H2,(H2,33,35,36,37). The SMILES string of the molecule is C=CC(=O)N1CCCC(Cn2cnc3c(NCc4ccccc4)nc(Nc4ccc(C(=O)N5CCOCC5)cc4)nc32)C1. The van der Waals surface area contributed by atoms with Gasteiger partial charge in [-0.05, 0) is 54.7 Å². The molecule has 0 aliphatic carbocycles. The van der Waals surface area contributed by atoms with Crippen LogP contribution in [0.1, 0.15) is 28.8 Å². The number of amides is 2. The predicted molar refractivity (Wildman–Crippen MR) is 165 cm³/mol. The molecule has 222 valence electrons. The molecule has 2 amide bonds. The van der Waals surface area contributed by atoms with Gasteiger partial charge in [-0.1, -0.05) is 36.9 Å². The van der Waals surface area contributed by atoms with Gasteiger partial charge in [0, 0.05) is 50.5 Å². The Morgan fingerprint density at radius 3 is 2.56 bits per heavy atom. The van der Waals surface area contributed by atoms with Crippen LogP contribution in [0.5, 0.6) is 0 Å². The fraction of sp³-hybridized carbons (Fsp3) is 0.344. The van der Waals surface area contributed by atoms with Gasteiger partial charge in [0.25, 0.3) is 5.91 Å². The molecule has 11 heteroatoms. The molecule has 4 heterocycles. The number of hydrogen-bond donors (Lipinski definition) is 2. The van der Waals surface area contributed by atoms with Crippen LogP contribution in [0.3, 0.4) is 0 Å². The molecule has 6 rings (SSSR count). The monoisotopic (exact) mass is 580 g/mol. The van der Waals surface area contributed by atoms with Crippen LogP contribution in [0.4, 0.5) is 17.5 Å². The van der Waals surface area contributed by atoms with E-state index in [-0.39, 0.29) is 17.7 Å². The molecule has 1 unspecified atom stereocenters. The lowest BCUT2D eigenvalue weighted by Crippen LogP contribution is -2.40. The van der Waals surface area contributed by atoms with Crippen molar-refractivity contribution in [2.45, 2.75) is 25.9 Å². The van der Waals surface area contributed by atoms with E-state index in [4.69, 9.17) is 19.7 Å². The molecule has 0 spiro atoms. The molecule has 2 saturated heterocycles.